The van der Waals surface area contributed by atoms with E-state index in [-0.39, 0.29) is 25.0 Å². The molecule has 4 amide bonds. The minimum Gasteiger partial charge on any atom is -0.483 e. The Bertz CT molecular complexity index is 1870. The van der Waals surface area contributed by atoms with Crippen molar-refractivity contribution < 1.29 is 74.8 Å². The number of alkyl halides is 6. The van der Waals surface area contributed by atoms with Gasteiger partial charge in [0.05, 0.1) is 0 Å². The standard InChI is InChI=1S/C42H64N6O6.2C2HF3O2/c1-5-9-25-45-41(51)35(17-11-13-23-43)47-39(49)29-53-37-22-20-32(28-33(37)16-8-4)34-27-31(15-7-3)19-21-38(34)54-30-40(50)48-36(18-12-14-24-44)42(52)46-26-10-6-2;2*3-2(4,5)1(6)7/h7-8,19-22,27-28,35-36H,3-6,9-18,23-26,29-30,43-44H2,1-2H3,(H,45,51)(H,46,52)(H,47,49)(H,48,50);2*(H,6,7). The van der Waals surface area contributed by atoms with Crippen LogP contribution in [-0.2, 0) is 41.6 Å². The Morgan fingerprint density at radius 1 is 0.647 bits per heavy atom. The van der Waals surface area contributed by atoms with E-state index in [2.05, 4.69) is 34.4 Å². The molecule has 382 valence electrons. The van der Waals surface area contributed by atoms with Crippen LogP contribution in [0.2, 0.25) is 0 Å². The third-order valence-electron chi connectivity index (χ3n) is 9.22. The molecule has 2 aromatic carbocycles. The molecule has 68 heavy (non-hydrogen) atoms. The summed E-state index contributed by atoms with van der Waals surface area (Å²) in [5.41, 5.74) is 14.7. The van der Waals surface area contributed by atoms with E-state index in [4.69, 9.17) is 40.7 Å². The molecule has 0 spiro atoms. The molecule has 0 aliphatic heterocycles. The highest BCUT2D eigenvalue weighted by Crippen LogP contribution is 2.35. The molecule has 0 aromatic heterocycles. The summed E-state index contributed by atoms with van der Waals surface area (Å²) in [6.45, 7) is 13.4. The minimum atomic E-state index is -5.08. The van der Waals surface area contributed by atoms with Gasteiger partial charge in [-0.1, -0.05) is 51.0 Å². The summed E-state index contributed by atoms with van der Waals surface area (Å²) < 4.78 is 75.6. The van der Waals surface area contributed by atoms with E-state index in [1.54, 1.807) is 12.1 Å². The first-order valence-corrected chi connectivity index (χ1v) is 22.0. The van der Waals surface area contributed by atoms with E-state index >= 15 is 0 Å². The Morgan fingerprint density at radius 3 is 1.47 bits per heavy atom. The molecular formula is C46H66F6N6O10. The number of nitrogens with one attached hydrogen (secondary N) is 4. The van der Waals surface area contributed by atoms with E-state index in [0.29, 0.717) is 76.2 Å². The average Bonchev–Trinajstić information content (AvgIpc) is 3.27. The van der Waals surface area contributed by atoms with Crippen molar-refractivity contribution in [3.8, 4) is 22.6 Å². The number of rotatable bonds is 29. The van der Waals surface area contributed by atoms with Crippen molar-refractivity contribution in [2.24, 2.45) is 11.5 Å². The Kier molecular flexibility index (Phi) is 31.1. The number of allylic oxidation sites excluding steroid dienone is 2. The largest absolute Gasteiger partial charge is 0.490 e. The third kappa shape index (κ3) is 26.9. The normalized spacial score (nSPS) is 11.7. The van der Waals surface area contributed by atoms with Gasteiger partial charge in [0, 0.05) is 18.7 Å². The number of carbonyl (C=O) groups is 6. The van der Waals surface area contributed by atoms with Gasteiger partial charge in [-0.3, -0.25) is 19.2 Å². The molecule has 0 heterocycles. The SMILES string of the molecule is C=CCc1ccc(OCC(=O)NC(CCCCN)C(=O)NCCCC)c(-c2ccc(OCC(=O)NC(CCCCN)C(=O)NCCCC)c(CC=C)c2)c1.O=C(O)C(F)(F)F.O=C(O)C(F)(F)F. The molecule has 0 fully saturated rings. The minimum absolute atomic E-state index is 0.213. The number of aliphatic carboxylic acids is 2. The van der Waals surface area contributed by atoms with Gasteiger partial charge in [-0.15, -0.1) is 13.2 Å². The number of hydrogen-bond acceptors (Lipinski definition) is 10. The number of carboxylic acid groups (broad SMARTS) is 2. The fourth-order valence-electron chi connectivity index (χ4n) is 5.73. The van der Waals surface area contributed by atoms with E-state index in [1.807, 2.05) is 50.3 Å². The fourth-order valence-corrected chi connectivity index (χ4v) is 5.73. The van der Waals surface area contributed by atoms with Gasteiger partial charge in [-0.25, -0.2) is 9.59 Å². The van der Waals surface area contributed by atoms with Gasteiger partial charge in [0.15, 0.2) is 13.2 Å². The van der Waals surface area contributed by atoms with Gasteiger partial charge in [-0.05, 0) is 118 Å². The van der Waals surface area contributed by atoms with Crippen molar-refractivity contribution in [3.05, 3.63) is 72.8 Å². The zero-order valence-electron chi connectivity index (χ0n) is 38.5. The van der Waals surface area contributed by atoms with E-state index < -0.39 is 48.2 Å². The molecule has 2 unspecified atom stereocenters. The number of nitrogens with two attached hydrogens (primary N) is 2. The molecule has 22 heteroatoms. The average molecular weight is 977 g/mol. The number of benzene rings is 2. The van der Waals surface area contributed by atoms with Gasteiger partial charge in [0.2, 0.25) is 11.8 Å². The summed E-state index contributed by atoms with van der Waals surface area (Å²) in [7, 11) is 0. The van der Waals surface area contributed by atoms with Crippen molar-refractivity contribution in [1.82, 2.24) is 21.3 Å². The number of hydrogen-bond donors (Lipinski definition) is 8. The first-order chi connectivity index (χ1) is 32.1. The second-order valence-electron chi connectivity index (χ2n) is 14.9. The first kappa shape index (κ1) is 61.8. The van der Waals surface area contributed by atoms with Crippen LogP contribution in [0.15, 0.2) is 61.7 Å². The van der Waals surface area contributed by atoms with Crippen LogP contribution in [0.1, 0.15) is 89.2 Å². The van der Waals surface area contributed by atoms with Crippen LogP contribution in [0.25, 0.3) is 11.1 Å². The van der Waals surface area contributed by atoms with Crippen LogP contribution in [0.3, 0.4) is 0 Å². The maximum absolute atomic E-state index is 13.1. The first-order valence-electron chi connectivity index (χ1n) is 22.0. The lowest BCUT2D eigenvalue weighted by atomic mass is 9.97. The van der Waals surface area contributed by atoms with Crippen LogP contribution in [0, 0.1) is 0 Å². The maximum atomic E-state index is 13.1. The molecule has 0 saturated carbocycles. The maximum Gasteiger partial charge on any atom is 0.490 e. The van der Waals surface area contributed by atoms with Crippen LogP contribution in [0.4, 0.5) is 26.3 Å². The predicted molar refractivity (Wildman–Crippen MR) is 244 cm³/mol. The lowest BCUT2D eigenvalue weighted by molar-refractivity contribution is -0.193. The van der Waals surface area contributed by atoms with Crippen LogP contribution in [0.5, 0.6) is 11.5 Å². The molecule has 0 aliphatic carbocycles. The quantitative estimate of drug-likeness (QED) is 0.0270. The molecule has 0 radical (unpaired) electrons. The number of carbonyl (C=O) groups excluding carboxylic acids is 4. The van der Waals surface area contributed by atoms with Crippen LogP contribution >= 0.6 is 0 Å². The van der Waals surface area contributed by atoms with Crippen LogP contribution in [-0.4, -0.2) is 110 Å². The molecule has 2 aromatic rings. The summed E-state index contributed by atoms with van der Waals surface area (Å²) in [6.07, 6.45) is 2.00. The highest BCUT2D eigenvalue weighted by atomic mass is 19.4. The van der Waals surface area contributed by atoms with Gasteiger partial charge >= 0.3 is 24.3 Å². The van der Waals surface area contributed by atoms with Crippen molar-refractivity contribution in [3.63, 3.8) is 0 Å². The van der Waals surface area contributed by atoms with Crippen LogP contribution < -0.4 is 42.2 Å². The molecule has 0 bridgehead atoms. The summed E-state index contributed by atoms with van der Waals surface area (Å²) >= 11 is 0. The number of unbranched alkanes of at least 4 members (excludes halogenated alkanes) is 4. The summed E-state index contributed by atoms with van der Waals surface area (Å²) in [5, 5.41) is 25.7. The zero-order chi connectivity index (χ0) is 51.7. The topological polar surface area (TPSA) is 262 Å². The van der Waals surface area contributed by atoms with E-state index in [0.717, 1.165) is 60.8 Å². The zero-order valence-corrected chi connectivity index (χ0v) is 38.5. The molecular weight excluding hydrogens is 911 g/mol. The van der Waals surface area contributed by atoms with E-state index in [1.165, 1.54) is 0 Å². The summed E-state index contributed by atoms with van der Waals surface area (Å²) in [4.78, 5) is 69.6. The lowest BCUT2D eigenvalue weighted by Crippen LogP contribution is -2.48. The highest BCUT2D eigenvalue weighted by Gasteiger charge is 2.39. The van der Waals surface area contributed by atoms with Crippen molar-refractivity contribution in [2.75, 3.05) is 39.4 Å². The molecule has 0 saturated heterocycles. The van der Waals surface area contributed by atoms with Crippen molar-refractivity contribution in [1.29, 1.82) is 0 Å². The Morgan fingerprint density at radius 2 is 1.07 bits per heavy atom. The monoisotopic (exact) mass is 976 g/mol. The Balaban J connectivity index is 0.00000276. The second kappa shape index (κ2) is 34.2. The number of ether oxygens (including phenoxy) is 2. The van der Waals surface area contributed by atoms with Gasteiger partial charge in [-0.2, -0.15) is 26.3 Å². The van der Waals surface area contributed by atoms with Gasteiger partial charge < -0.3 is 52.4 Å². The fraction of sp³-hybridized carbons (Fsp3) is 0.522. The van der Waals surface area contributed by atoms with Crippen molar-refractivity contribution >= 4 is 35.6 Å². The molecule has 0 aliphatic rings. The summed E-state index contributed by atoms with van der Waals surface area (Å²) in [6, 6.07) is 9.98. The lowest BCUT2D eigenvalue weighted by Gasteiger charge is -2.20. The third-order valence-corrected chi connectivity index (χ3v) is 9.22. The smallest absolute Gasteiger partial charge is 0.483 e. The predicted octanol–water partition coefficient (Wildman–Crippen LogP) is 5.90. The van der Waals surface area contributed by atoms with Gasteiger partial charge in [0.1, 0.15) is 23.6 Å². The van der Waals surface area contributed by atoms with Gasteiger partial charge in [0.25, 0.3) is 11.8 Å². The number of halogens is 6. The Hall–Kier alpha value is -6.16. The summed E-state index contributed by atoms with van der Waals surface area (Å²) in [5.74, 6) is -5.77. The Labute approximate surface area is 392 Å². The molecule has 2 atom stereocenters. The molecule has 10 N–H and O–H groups in total. The molecule has 16 nitrogen and oxygen atoms in total. The van der Waals surface area contributed by atoms with E-state index in [9.17, 15) is 45.5 Å². The second-order valence-corrected chi connectivity index (χ2v) is 14.9. The highest BCUT2D eigenvalue weighted by molar-refractivity contribution is 5.89. The molecule has 2 rings (SSSR count). The number of amides is 4. The number of carboxylic acids is 2. The van der Waals surface area contributed by atoms with Crippen molar-refractivity contribution in [2.45, 2.75) is 115 Å².